The molecule has 3 aromatic rings. The minimum absolute atomic E-state index is 0.0153. The van der Waals surface area contributed by atoms with E-state index in [9.17, 15) is 0 Å². The van der Waals surface area contributed by atoms with Gasteiger partial charge in [-0.15, -0.1) is 10.2 Å². The van der Waals surface area contributed by atoms with Crippen molar-refractivity contribution >= 4 is 28.0 Å². The van der Waals surface area contributed by atoms with Crippen LogP contribution in [0.15, 0.2) is 29.4 Å². The Kier molecular flexibility index (Phi) is 1.72. The fourth-order valence-corrected chi connectivity index (χ4v) is 1.59. The molecule has 0 aliphatic heterocycles. The molecule has 1 aromatic carbocycles. The molecular weight excluding hydrogens is 206 g/mol. The number of para-hydroxylation sites is 1. The lowest BCUT2D eigenvalue weighted by Gasteiger charge is -1.89. The Morgan fingerprint density at radius 1 is 1.25 bits per heavy atom. The molecule has 0 amide bonds. The first kappa shape index (κ1) is 8.63. The molecule has 2 aromatic heterocycles. The summed E-state index contributed by atoms with van der Waals surface area (Å²) in [6.07, 6.45) is 0. The summed E-state index contributed by atoms with van der Waals surface area (Å²) >= 11 is 0. The average Bonchev–Trinajstić information content (AvgIpc) is 2.67. The molecule has 0 fully saturated rings. The van der Waals surface area contributed by atoms with Gasteiger partial charge >= 0.3 is 0 Å². The molecule has 0 radical (unpaired) electrons. The van der Waals surface area contributed by atoms with Crippen LogP contribution < -0.4 is 0 Å². The first-order valence-corrected chi connectivity index (χ1v) is 4.55. The van der Waals surface area contributed by atoms with Crippen molar-refractivity contribution in [3.05, 3.63) is 34.7 Å². The highest BCUT2D eigenvalue weighted by molar-refractivity contribution is 6.03. The average molecular weight is 211 g/mol. The van der Waals surface area contributed by atoms with Crippen LogP contribution in [0.4, 0.5) is 5.95 Å². The molecule has 76 valence electrons. The van der Waals surface area contributed by atoms with Crippen molar-refractivity contribution in [1.29, 1.82) is 0 Å². The number of fused-ring (bicyclic) bond motifs is 3. The Balaban J connectivity index is 2.41. The molecule has 1 N–H and O–H groups in total. The second kappa shape index (κ2) is 3.18. The van der Waals surface area contributed by atoms with Crippen LogP contribution in [0.2, 0.25) is 0 Å². The summed E-state index contributed by atoms with van der Waals surface area (Å²) in [4.78, 5) is 9.75. The van der Waals surface area contributed by atoms with Crippen molar-refractivity contribution in [3.8, 4) is 0 Å². The van der Waals surface area contributed by atoms with Gasteiger partial charge < -0.3 is 4.98 Å². The molecule has 2 heterocycles. The summed E-state index contributed by atoms with van der Waals surface area (Å²) in [5, 5.41) is 11.9. The number of aromatic amines is 1. The summed E-state index contributed by atoms with van der Waals surface area (Å²) in [6.45, 7) is 0. The van der Waals surface area contributed by atoms with Gasteiger partial charge in [0.25, 0.3) is 0 Å². The monoisotopic (exact) mass is 211 g/mol. The Morgan fingerprint density at radius 3 is 3.00 bits per heavy atom. The number of azide groups is 1. The predicted octanol–water partition coefficient (Wildman–Crippen LogP) is 2.45. The highest BCUT2D eigenvalue weighted by Gasteiger charge is 2.07. The van der Waals surface area contributed by atoms with Gasteiger partial charge in [0.15, 0.2) is 5.65 Å². The Morgan fingerprint density at radius 2 is 2.12 bits per heavy atom. The Bertz CT molecular complexity index is 723. The van der Waals surface area contributed by atoms with E-state index in [0.29, 0.717) is 11.2 Å². The number of hydrogen-bond donors (Lipinski definition) is 1. The van der Waals surface area contributed by atoms with E-state index in [1.807, 2.05) is 24.3 Å². The summed E-state index contributed by atoms with van der Waals surface area (Å²) in [5.41, 5.74) is 10.4. The van der Waals surface area contributed by atoms with E-state index < -0.39 is 0 Å². The lowest BCUT2D eigenvalue weighted by atomic mass is 10.2. The van der Waals surface area contributed by atoms with E-state index in [2.05, 4.69) is 30.2 Å². The van der Waals surface area contributed by atoms with Gasteiger partial charge in [0.2, 0.25) is 5.95 Å². The number of benzene rings is 1. The van der Waals surface area contributed by atoms with E-state index in [4.69, 9.17) is 5.53 Å². The summed E-state index contributed by atoms with van der Waals surface area (Å²) in [7, 11) is 0. The van der Waals surface area contributed by atoms with Crippen LogP contribution in [0, 0.1) is 0 Å². The minimum atomic E-state index is 0.0153. The standard InChI is InChI=1S/C9H5N7/c10-16-15-9-12-8-7(13-14-9)5-3-1-2-4-6(5)11-8/h1-4H,(H,11,12,14). The maximum atomic E-state index is 8.27. The van der Waals surface area contributed by atoms with Crippen LogP contribution in [-0.2, 0) is 0 Å². The Hall–Kier alpha value is -2.66. The van der Waals surface area contributed by atoms with Crippen LogP contribution >= 0.6 is 0 Å². The molecule has 16 heavy (non-hydrogen) atoms. The van der Waals surface area contributed by atoms with Gasteiger partial charge in [-0.3, -0.25) is 0 Å². The molecular formula is C9H5N7. The quantitative estimate of drug-likeness (QED) is 0.379. The first-order valence-electron chi connectivity index (χ1n) is 4.55. The van der Waals surface area contributed by atoms with E-state index in [1.54, 1.807) is 0 Å². The molecule has 3 rings (SSSR count). The maximum Gasteiger partial charge on any atom is 0.240 e. The minimum Gasteiger partial charge on any atom is -0.338 e. The first-order chi connectivity index (χ1) is 7.88. The lowest BCUT2D eigenvalue weighted by molar-refractivity contribution is 1.01. The van der Waals surface area contributed by atoms with E-state index in [-0.39, 0.29) is 5.95 Å². The molecule has 0 spiro atoms. The number of nitrogens with zero attached hydrogens (tertiary/aromatic N) is 6. The van der Waals surface area contributed by atoms with Crippen molar-refractivity contribution in [1.82, 2.24) is 20.2 Å². The van der Waals surface area contributed by atoms with Crippen molar-refractivity contribution in [3.63, 3.8) is 0 Å². The maximum absolute atomic E-state index is 8.27. The van der Waals surface area contributed by atoms with Gasteiger partial charge in [0.1, 0.15) is 5.52 Å². The highest BCUT2D eigenvalue weighted by atomic mass is 15.3. The summed E-state index contributed by atoms with van der Waals surface area (Å²) in [6, 6.07) is 7.68. The fraction of sp³-hybridized carbons (Fsp3) is 0. The predicted molar refractivity (Wildman–Crippen MR) is 58.0 cm³/mol. The number of hydrogen-bond acceptors (Lipinski definition) is 4. The van der Waals surface area contributed by atoms with Crippen LogP contribution in [0.3, 0.4) is 0 Å². The smallest absolute Gasteiger partial charge is 0.240 e. The van der Waals surface area contributed by atoms with Gasteiger partial charge in [-0.2, -0.15) is 0 Å². The van der Waals surface area contributed by atoms with Crippen LogP contribution in [0.5, 0.6) is 0 Å². The third-order valence-corrected chi connectivity index (χ3v) is 2.24. The third-order valence-electron chi connectivity index (χ3n) is 2.24. The Labute approximate surface area is 88.8 Å². The molecule has 0 saturated carbocycles. The van der Waals surface area contributed by atoms with Crippen molar-refractivity contribution in [2.24, 2.45) is 5.11 Å². The molecule has 0 unspecified atom stereocenters. The van der Waals surface area contributed by atoms with Crippen molar-refractivity contribution < 1.29 is 0 Å². The zero-order chi connectivity index (χ0) is 11.0. The topological polar surface area (TPSA) is 103 Å². The van der Waals surface area contributed by atoms with E-state index in [1.165, 1.54) is 0 Å². The fourth-order valence-electron chi connectivity index (χ4n) is 1.59. The van der Waals surface area contributed by atoms with E-state index >= 15 is 0 Å². The van der Waals surface area contributed by atoms with E-state index in [0.717, 1.165) is 10.9 Å². The zero-order valence-corrected chi connectivity index (χ0v) is 7.99. The summed E-state index contributed by atoms with van der Waals surface area (Å²) < 4.78 is 0. The molecule has 0 aliphatic carbocycles. The molecule has 7 nitrogen and oxygen atoms in total. The SMILES string of the molecule is [N-]=[N+]=Nc1nnc2c(n1)[nH]c1ccccc12. The van der Waals surface area contributed by atoms with Gasteiger partial charge in [0, 0.05) is 15.8 Å². The van der Waals surface area contributed by atoms with Crippen LogP contribution in [0.25, 0.3) is 32.5 Å². The second-order valence-electron chi connectivity index (χ2n) is 3.17. The van der Waals surface area contributed by atoms with Crippen molar-refractivity contribution in [2.75, 3.05) is 0 Å². The largest absolute Gasteiger partial charge is 0.338 e. The number of H-pyrrole nitrogens is 1. The zero-order valence-electron chi connectivity index (χ0n) is 7.99. The lowest BCUT2D eigenvalue weighted by Crippen LogP contribution is -1.85. The van der Waals surface area contributed by atoms with Crippen molar-refractivity contribution in [2.45, 2.75) is 0 Å². The molecule has 7 heteroatoms. The normalized spacial score (nSPS) is 10.5. The van der Waals surface area contributed by atoms with Crippen LogP contribution in [0.1, 0.15) is 0 Å². The molecule has 0 saturated heterocycles. The number of rotatable bonds is 1. The highest BCUT2D eigenvalue weighted by Crippen LogP contribution is 2.22. The number of aromatic nitrogens is 4. The van der Waals surface area contributed by atoms with Gasteiger partial charge in [-0.25, -0.2) is 4.98 Å². The van der Waals surface area contributed by atoms with Gasteiger partial charge in [0.05, 0.1) is 0 Å². The molecule has 0 atom stereocenters. The number of nitrogens with one attached hydrogen (secondary N) is 1. The molecule has 0 bridgehead atoms. The van der Waals surface area contributed by atoms with Gasteiger partial charge in [-0.05, 0) is 16.7 Å². The third kappa shape index (κ3) is 1.16. The van der Waals surface area contributed by atoms with Crippen LogP contribution in [-0.4, -0.2) is 20.2 Å². The molecule has 0 aliphatic rings. The summed E-state index contributed by atoms with van der Waals surface area (Å²) in [5.74, 6) is 0.0153. The second-order valence-corrected chi connectivity index (χ2v) is 3.17. The van der Waals surface area contributed by atoms with Gasteiger partial charge in [-0.1, -0.05) is 18.2 Å².